The lowest BCUT2D eigenvalue weighted by Gasteiger charge is -2.30. The number of aromatic nitrogens is 1. The molecule has 1 aliphatic rings. The maximum Gasteiger partial charge on any atom is 0.243 e. The summed E-state index contributed by atoms with van der Waals surface area (Å²) in [4.78, 5) is 14.9. The molecule has 2 aromatic rings. The van der Waals surface area contributed by atoms with Crippen LogP contribution >= 0.6 is 11.5 Å². The van der Waals surface area contributed by atoms with Gasteiger partial charge in [0.1, 0.15) is 17.6 Å². The molecule has 166 valence electrons. The van der Waals surface area contributed by atoms with Crippen molar-refractivity contribution in [1.29, 1.82) is 5.26 Å². The number of morpholine rings is 1. The molecule has 1 unspecified atom stereocenters. The molecule has 31 heavy (non-hydrogen) atoms. The second-order valence-electron chi connectivity index (χ2n) is 8.42. The molecule has 0 aliphatic carbocycles. The van der Waals surface area contributed by atoms with Crippen molar-refractivity contribution < 1.29 is 9.53 Å². The van der Waals surface area contributed by atoms with E-state index in [9.17, 15) is 4.79 Å². The van der Waals surface area contributed by atoms with Crippen molar-refractivity contribution in [3.8, 4) is 17.2 Å². The third kappa shape index (κ3) is 6.03. The zero-order chi connectivity index (χ0) is 22.4. The van der Waals surface area contributed by atoms with Crippen LogP contribution in [0.3, 0.4) is 0 Å². The Labute approximate surface area is 188 Å². The number of carbonyl (C=O) groups excluding carboxylic acids is 1. The predicted molar refractivity (Wildman–Crippen MR) is 124 cm³/mol. The van der Waals surface area contributed by atoms with Crippen molar-refractivity contribution >= 4 is 22.4 Å². The quantitative estimate of drug-likeness (QED) is 0.609. The van der Waals surface area contributed by atoms with Crippen LogP contribution < -0.4 is 10.6 Å². The van der Waals surface area contributed by atoms with Crippen LogP contribution in [-0.2, 0) is 9.53 Å². The smallest absolute Gasteiger partial charge is 0.243 e. The van der Waals surface area contributed by atoms with Crippen LogP contribution in [0.1, 0.15) is 37.6 Å². The minimum atomic E-state index is -0.419. The molecule has 1 aromatic heterocycles. The summed E-state index contributed by atoms with van der Waals surface area (Å²) in [6, 6.07) is 9.98. The van der Waals surface area contributed by atoms with E-state index in [1.54, 1.807) is 0 Å². The lowest BCUT2D eigenvalue weighted by Crippen LogP contribution is -2.40. The number of nitrogens with one attached hydrogen (secondary N) is 2. The molecule has 3 rings (SSSR count). The molecule has 1 saturated heterocycles. The van der Waals surface area contributed by atoms with E-state index < -0.39 is 6.04 Å². The first kappa shape index (κ1) is 23.2. The van der Waals surface area contributed by atoms with Gasteiger partial charge in [0.05, 0.1) is 24.5 Å². The zero-order valence-electron chi connectivity index (χ0n) is 18.6. The van der Waals surface area contributed by atoms with Gasteiger partial charge in [-0.15, -0.1) is 0 Å². The van der Waals surface area contributed by atoms with Gasteiger partial charge < -0.3 is 20.3 Å². The van der Waals surface area contributed by atoms with Crippen molar-refractivity contribution in [2.75, 3.05) is 38.6 Å². The Morgan fingerprint density at radius 2 is 2.13 bits per heavy atom. The lowest BCUT2D eigenvalue weighted by atomic mass is 10.00. The number of rotatable bonds is 8. The van der Waals surface area contributed by atoms with E-state index in [1.807, 2.05) is 13.0 Å². The molecule has 2 N–H and O–H groups in total. The average Bonchev–Trinajstić information content (AvgIpc) is 3.11. The van der Waals surface area contributed by atoms with Crippen LogP contribution in [0.5, 0.6) is 0 Å². The van der Waals surface area contributed by atoms with Crippen LogP contribution in [0.15, 0.2) is 24.3 Å². The summed E-state index contributed by atoms with van der Waals surface area (Å²) >= 11 is 1.36. The summed E-state index contributed by atoms with van der Waals surface area (Å²) in [6.07, 6.45) is 0.755. The number of aryl methyl sites for hydroxylation is 1. The van der Waals surface area contributed by atoms with Crippen molar-refractivity contribution in [2.45, 2.75) is 39.3 Å². The Morgan fingerprint density at radius 1 is 1.39 bits per heavy atom. The van der Waals surface area contributed by atoms with Gasteiger partial charge in [0.25, 0.3) is 0 Å². The summed E-state index contributed by atoms with van der Waals surface area (Å²) in [7, 11) is 2.11. The molecular weight excluding hydrogens is 410 g/mol. The third-order valence-corrected chi connectivity index (χ3v) is 6.24. The van der Waals surface area contributed by atoms with Crippen LogP contribution in [-0.4, -0.2) is 54.5 Å². The maximum absolute atomic E-state index is 12.6. The summed E-state index contributed by atoms with van der Waals surface area (Å²) in [5.74, 6) is 0.164. The molecule has 0 saturated carbocycles. The summed E-state index contributed by atoms with van der Waals surface area (Å²) in [5.41, 5.74) is 4.16. The normalized spacial score (nSPS) is 17.9. The molecule has 1 fully saturated rings. The lowest BCUT2D eigenvalue weighted by molar-refractivity contribution is -0.121. The molecular formula is C23H31N5O2S. The van der Waals surface area contributed by atoms with Gasteiger partial charge in [0.2, 0.25) is 5.91 Å². The van der Waals surface area contributed by atoms with E-state index in [-0.39, 0.29) is 18.6 Å². The van der Waals surface area contributed by atoms with Crippen molar-refractivity contribution in [3.05, 3.63) is 35.5 Å². The fraction of sp³-hybridized carbons (Fsp3) is 0.522. The Bertz CT molecular complexity index is 919. The number of nitrogens with zero attached hydrogens (tertiary/aromatic N) is 3. The number of benzene rings is 1. The number of anilines is 1. The van der Waals surface area contributed by atoms with Crippen LogP contribution in [0.4, 0.5) is 5.00 Å². The largest absolute Gasteiger partial charge is 0.371 e. The average molecular weight is 442 g/mol. The molecule has 1 aliphatic heterocycles. The minimum absolute atomic E-state index is 0.00354. The number of likely N-dealkylation sites (N-methyl/N-ethyl adjacent to an activating group) is 1. The van der Waals surface area contributed by atoms with Gasteiger partial charge in [-0.2, -0.15) is 9.64 Å². The third-order valence-electron chi connectivity index (χ3n) is 5.37. The first-order chi connectivity index (χ1) is 14.9. The summed E-state index contributed by atoms with van der Waals surface area (Å²) < 4.78 is 10.5. The Morgan fingerprint density at radius 3 is 2.77 bits per heavy atom. The van der Waals surface area contributed by atoms with Gasteiger partial charge in [-0.1, -0.05) is 38.1 Å². The number of hydrogen-bond acceptors (Lipinski definition) is 7. The van der Waals surface area contributed by atoms with Crippen molar-refractivity contribution in [3.63, 3.8) is 0 Å². The first-order valence-electron chi connectivity index (χ1n) is 10.7. The van der Waals surface area contributed by atoms with Crippen LogP contribution in [0.2, 0.25) is 0 Å². The van der Waals surface area contributed by atoms with Crippen LogP contribution in [0.25, 0.3) is 11.1 Å². The number of amides is 1. The number of hydrogen-bond donors (Lipinski definition) is 2. The molecule has 2 atom stereocenters. The Kier molecular flexibility index (Phi) is 8.02. The van der Waals surface area contributed by atoms with Gasteiger partial charge in [-0.05, 0) is 49.0 Å². The van der Waals surface area contributed by atoms with Gasteiger partial charge in [-0.3, -0.25) is 4.79 Å². The fourth-order valence-electron chi connectivity index (χ4n) is 3.76. The van der Waals surface area contributed by atoms with Gasteiger partial charge in [0, 0.05) is 18.7 Å². The van der Waals surface area contributed by atoms with Crippen molar-refractivity contribution in [1.82, 2.24) is 14.6 Å². The zero-order valence-corrected chi connectivity index (χ0v) is 19.5. The SMILES string of the molecule is Cc1nsc(N[C@@H](CC(C)C)C(=O)NCC#N)c1-c1ccc(C2CN(C)CCO2)cc1. The van der Waals surface area contributed by atoms with E-state index in [1.165, 1.54) is 17.1 Å². The molecule has 1 aromatic carbocycles. The van der Waals surface area contributed by atoms with Gasteiger partial charge in [-0.25, -0.2) is 0 Å². The molecule has 0 bridgehead atoms. The first-order valence-corrected chi connectivity index (χ1v) is 11.4. The summed E-state index contributed by atoms with van der Waals surface area (Å²) in [5, 5.41) is 15.7. The van der Waals surface area contributed by atoms with Gasteiger partial charge in [0.15, 0.2) is 0 Å². The summed E-state index contributed by atoms with van der Waals surface area (Å²) in [6.45, 7) is 8.74. The molecule has 1 amide bonds. The van der Waals surface area contributed by atoms with E-state index in [4.69, 9.17) is 10.00 Å². The molecule has 0 radical (unpaired) electrons. The van der Waals surface area contributed by atoms with Crippen LogP contribution in [0, 0.1) is 24.2 Å². The highest BCUT2D eigenvalue weighted by Gasteiger charge is 2.24. The fourth-order valence-corrected chi connectivity index (χ4v) is 4.63. The number of carbonyl (C=O) groups is 1. The van der Waals surface area contributed by atoms with Crippen molar-refractivity contribution in [2.24, 2.45) is 5.92 Å². The molecule has 0 spiro atoms. The number of nitriles is 1. The molecule has 2 heterocycles. The highest BCUT2D eigenvalue weighted by molar-refractivity contribution is 7.11. The van der Waals surface area contributed by atoms with E-state index in [0.29, 0.717) is 12.3 Å². The minimum Gasteiger partial charge on any atom is -0.371 e. The topological polar surface area (TPSA) is 90.3 Å². The Hall–Kier alpha value is -2.47. The van der Waals surface area contributed by atoms with E-state index >= 15 is 0 Å². The standard InChI is InChI=1S/C23H31N5O2S/c1-15(2)13-19(22(29)25-10-9-24)26-23-21(16(3)27-31-23)18-7-5-17(6-8-18)20-14-28(4)11-12-30-20/h5-8,15,19-20,26H,10-14H2,1-4H3,(H,25,29)/t19-,20?/m0/s1. The monoisotopic (exact) mass is 441 g/mol. The van der Waals surface area contributed by atoms with E-state index in [2.05, 4.69) is 65.1 Å². The van der Waals surface area contributed by atoms with E-state index in [0.717, 1.165) is 41.5 Å². The second kappa shape index (κ2) is 10.7. The molecule has 8 heteroatoms. The van der Waals surface area contributed by atoms with Gasteiger partial charge >= 0.3 is 0 Å². The predicted octanol–water partition coefficient (Wildman–Crippen LogP) is 3.59. The Balaban J connectivity index is 1.81. The molecule has 7 nitrogen and oxygen atoms in total. The maximum atomic E-state index is 12.6. The second-order valence-corrected chi connectivity index (χ2v) is 9.19. The highest BCUT2D eigenvalue weighted by atomic mass is 32.1. The highest BCUT2D eigenvalue weighted by Crippen LogP contribution is 2.36. The number of ether oxygens (including phenoxy) is 1.